The van der Waals surface area contributed by atoms with Gasteiger partial charge in [-0.05, 0) is 128 Å². The van der Waals surface area contributed by atoms with Crippen molar-refractivity contribution in [3.05, 3.63) is 158 Å². The van der Waals surface area contributed by atoms with E-state index in [0.717, 1.165) is 141 Å². The van der Waals surface area contributed by atoms with E-state index < -0.39 is 6.10 Å². The second-order valence-corrected chi connectivity index (χ2v) is 19.5. The monoisotopic (exact) mass is 1050 g/mol. The molecule has 0 aromatic rings. The number of ether oxygens (including phenoxy) is 3. The summed E-state index contributed by atoms with van der Waals surface area (Å²) in [6, 6.07) is 0. The molecule has 1 unspecified atom stereocenters. The van der Waals surface area contributed by atoms with E-state index in [2.05, 4.69) is 179 Å². The highest BCUT2D eigenvalue weighted by atomic mass is 16.6. The van der Waals surface area contributed by atoms with Crippen LogP contribution >= 0.6 is 0 Å². The summed E-state index contributed by atoms with van der Waals surface area (Å²) < 4.78 is 16.7. The molecule has 6 heteroatoms. The van der Waals surface area contributed by atoms with Gasteiger partial charge in [0.05, 0.1) is 0 Å². The lowest BCUT2D eigenvalue weighted by molar-refractivity contribution is -0.167. The van der Waals surface area contributed by atoms with Crippen molar-refractivity contribution in [1.29, 1.82) is 0 Å². The Morgan fingerprint density at radius 1 is 0.276 bits per heavy atom. The summed E-state index contributed by atoms with van der Waals surface area (Å²) in [5.74, 6) is -0.969. The van der Waals surface area contributed by atoms with Crippen molar-refractivity contribution in [3.63, 3.8) is 0 Å². The van der Waals surface area contributed by atoms with Crippen molar-refractivity contribution in [3.8, 4) is 0 Å². The summed E-state index contributed by atoms with van der Waals surface area (Å²) in [5, 5.41) is 0. The lowest BCUT2D eigenvalue weighted by atomic mass is 10.1. The molecule has 0 aliphatic rings. The number of carbonyl (C=O) groups is 3. The molecule has 0 aromatic heterocycles. The van der Waals surface area contributed by atoms with Gasteiger partial charge in [-0.1, -0.05) is 256 Å². The van der Waals surface area contributed by atoms with Gasteiger partial charge >= 0.3 is 17.9 Å². The standard InChI is InChI=1S/C70H110O6/c1-4-7-10-13-16-18-20-22-24-26-28-30-32-34-35-37-38-40-42-44-46-48-50-52-54-57-60-63-69(72)75-66-67(65-74-68(71)62-59-56-15-12-9-6-3)76-70(73)64-61-58-55-53-51-49-47-45-43-41-39-36-33-31-29-27-25-23-21-19-17-14-11-8-5-2/h7-8,10-11,16-19,22-25,28-31,34-36,38-40,44,46,50,52,67H,4-6,9,12-15,20-21,26-27,32-33,37,41-43,45,47-49,51,53-66H2,1-3H3/b10-7-,11-8-,18-16-,19-17-,24-22-,25-23-,30-28-,31-29-,35-34-,39-36-,40-38-,46-44-,52-50-. The zero-order valence-corrected chi connectivity index (χ0v) is 48.7. The number of allylic oxidation sites excluding steroid dienone is 26. The molecular weight excluding hydrogens is 937 g/mol. The third-order valence-electron chi connectivity index (χ3n) is 12.3. The Kier molecular flexibility index (Phi) is 58.5. The Morgan fingerprint density at radius 3 is 0.829 bits per heavy atom. The van der Waals surface area contributed by atoms with E-state index in [-0.39, 0.29) is 31.1 Å². The van der Waals surface area contributed by atoms with E-state index in [0.29, 0.717) is 25.7 Å². The Balaban J connectivity index is 4.27. The van der Waals surface area contributed by atoms with Gasteiger partial charge in [0.15, 0.2) is 6.10 Å². The molecule has 0 heterocycles. The quantitative estimate of drug-likeness (QED) is 0.0261. The van der Waals surface area contributed by atoms with Crippen LogP contribution in [0.25, 0.3) is 0 Å². The molecule has 0 fully saturated rings. The third kappa shape index (κ3) is 59.9. The van der Waals surface area contributed by atoms with Crippen LogP contribution in [0.4, 0.5) is 0 Å². The molecule has 0 amide bonds. The molecule has 0 N–H and O–H groups in total. The number of hydrogen-bond donors (Lipinski definition) is 0. The van der Waals surface area contributed by atoms with E-state index in [1.807, 2.05) is 0 Å². The predicted octanol–water partition coefficient (Wildman–Crippen LogP) is 20.9. The zero-order chi connectivity index (χ0) is 55.0. The van der Waals surface area contributed by atoms with Crippen LogP contribution in [0.3, 0.4) is 0 Å². The summed E-state index contributed by atoms with van der Waals surface area (Å²) in [5.41, 5.74) is 0. The first-order chi connectivity index (χ1) is 37.5. The molecule has 0 bridgehead atoms. The molecular formula is C70H110O6. The molecule has 1 atom stereocenters. The first kappa shape index (κ1) is 71.0. The fraction of sp³-hybridized carbons (Fsp3) is 0.586. The Labute approximate surface area is 467 Å². The molecule has 0 radical (unpaired) electrons. The number of rotatable bonds is 53. The lowest BCUT2D eigenvalue weighted by Gasteiger charge is -2.18. The molecule has 0 aliphatic heterocycles. The fourth-order valence-corrected chi connectivity index (χ4v) is 7.78. The van der Waals surface area contributed by atoms with E-state index in [1.165, 1.54) is 57.8 Å². The Bertz CT molecular complexity index is 1720. The topological polar surface area (TPSA) is 78.9 Å². The van der Waals surface area contributed by atoms with Crippen LogP contribution in [-0.4, -0.2) is 37.2 Å². The van der Waals surface area contributed by atoms with E-state index in [9.17, 15) is 14.4 Å². The molecule has 0 rings (SSSR count). The first-order valence-electron chi connectivity index (χ1n) is 30.5. The third-order valence-corrected chi connectivity index (χ3v) is 12.3. The highest BCUT2D eigenvalue weighted by molar-refractivity contribution is 5.71. The predicted molar refractivity (Wildman–Crippen MR) is 329 cm³/mol. The molecule has 0 saturated heterocycles. The van der Waals surface area contributed by atoms with Crippen LogP contribution < -0.4 is 0 Å². The summed E-state index contributed by atoms with van der Waals surface area (Å²) in [6.07, 6.45) is 91.3. The molecule has 0 spiro atoms. The molecule has 0 aromatic carbocycles. The maximum absolute atomic E-state index is 12.8. The number of hydrogen-bond acceptors (Lipinski definition) is 6. The fourth-order valence-electron chi connectivity index (χ4n) is 7.78. The maximum Gasteiger partial charge on any atom is 0.306 e. The van der Waals surface area contributed by atoms with Crippen LogP contribution in [0, 0.1) is 0 Å². The minimum atomic E-state index is -0.804. The molecule has 0 saturated carbocycles. The van der Waals surface area contributed by atoms with Crippen LogP contribution in [0.2, 0.25) is 0 Å². The highest BCUT2D eigenvalue weighted by Gasteiger charge is 2.19. The Hall–Kier alpha value is -4.97. The van der Waals surface area contributed by atoms with Crippen LogP contribution in [0.5, 0.6) is 0 Å². The second-order valence-electron chi connectivity index (χ2n) is 19.5. The minimum absolute atomic E-state index is 0.101. The van der Waals surface area contributed by atoms with Gasteiger partial charge < -0.3 is 14.2 Å². The van der Waals surface area contributed by atoms with Crippen LogP contribution in [0.1, 0.15) is 245 Å². The summed E-state index contributed by atoms with van der Waals surface area (Å²) in [7, 11) is 0. The lowest BCUT2D eigenvalue weighted by Crippen LogP contribution is -2.30. The van der Waals surface area contributed by atoms with Gasteiger partial charge in [-0.2, -0.15) is 0 Å². The normalized spacial score (nSPS) is 13.2. The van der Waals surface area contributed by atoms with Gasteiger partial charge in [-0.3, -0.25) is 14.4 Å². The van der Waals surface area contributed by atoms with Gasteiger partial charge in [0, 0.05) is 19.3 Å². The van der Waals surface area contributed by atoms with Crippen LogP contribution in [-0.2, 0) is 28.6 Å². The molecule has 76 heavy (non-hydrogen) atoms. The summed E-state index contributed by atoms with van der Waals surface area (Å²) in [6.45, 7) is 6.30. The maximum atomic E-state index is 12.8. The van der Waals surface area contributed by atoms with Gasteiger partial charge in [-0.25, -0.2) is 0 Å². The van der Waals surface area contributed by atoms with E-state index in [4.69, 9.17) is 14.2 Å². The van der Waals surface area contributed by atoms with Crippen molar-refractivity contribution < 1.29 is 28.6 Å². The molecule has 0 aliphatic carbocycles. The van der Waals surface area contributed by atoms with Gasteiger partial charge in [0.25, 0.3) is 0 Å². The minimum Gasteiger partial charge on any atom is -0.462 e. The average Bonchev–Trinajstić information content (AvgIpc) is 3.42. The van der Waals surface area contributed by atoms with Gasteiger partial charge in [-0.15, -0.1) is 0 Å². The number of esters is 3. The summed E-state index contributed by atoms with van der Waals surface area (Å²) >= 11 is 0. The summed E-state index contributed by atoms with van der Waals surface area (Å²) in [4.78, 5) is 38.0. The van der Waals surface area contributed by atoms with Crippen molar-refractivity contribution in [2.75, 3.05) is 13.2 Å². The molecule has 426 valence electrons. The molecule has 6 nitrogen and oxygen atoms in total. The van der Waals surface area contributed by atoms with Crippen molar-refractivity contribution in [2.24, 2.45) is 0 Å². The second kappa shape index (κ2) is 62.6. The smallest absolute Gasteiger partial charge is 0.306 e. The van der Waals surface area contributed by atoms with E-state index >= 15 is 0 Å². The van der Waals surface area contributed by atoms with Crippen molar-refractivity contribution in [2.45, 2.75) is 252 Å². The number of carbonyl (C=O) groups excluding carboxylic acids is 3. The van der Waals surface area contributed by atoms with E-state index in [1.54, 1.807) is 0 Å². The van der Waals surface area contributed by atoms with Crippen LogP contribution in [0.15, 0.2) is 158 Å². The largest absolute Gasteiger partial charge is 0.462 e. The van der Waals surface area contributed by atoms with Gasteiger partial charge in [0.1, 0.15) is 13.2 Å². The van der Waals surface area contributed by atoms with Crippen molar-refractivity contribution in [1.82, 2.24) is 0 Å². The number of unbranched alkanes of at least 4 members (excludes halogenated alkanes) is 16. The zero-order valence-electron chi connectivity index (χ0n) is 48.7. The highest BCUT2D eigenvalue weighted by Crippen LogP contribution is 2.14. The van der Waals surface area contributed by atoms with Gasteiger partial charge in [0.2, 0.25) is 0 Å². The SMILES string of the molecule is CC/C=C\C/C=C\C/C=C\C/C=C\C/C=C\C/C=C\C/C=C\C/C=C\CCCCC(=O)OCC(COC(=O)CCCCCCCC)OC(=O)CCCCCCCCCCC/C=C\C/C=C\C/C=C\C/C=C\C/C=C\CC. The first-order valence-corrected chi connectivity index (χ1v) is 30.5. The Morgan fingerprint density at radius 2 is 0.513 bits per heavy atom. The average molecular weight is 1050 g/mol. The van der Waals surface area contributed by atoms with Crippen molar-refractivity contribution >= 4 is 17.9 Å².